The number of carbonyl (C=O) groups excluding carboxylic acids is 1. The average molecular weight is 369 g/mol. The predicted molar refractivity (Wildman–Crippen MR) is 103 cm³/mol. The third kappa shape index (κ3) is 4.85. The summed E-state index contributed by atoms with van der Waals surface area (Å²) in [5.41, 5.74) is 1.94. The SMILES string of the molecule is CC(C)(C)OC(=O)N1CC=C(c2ccccc2Sc2ncccn2)CC1. The van der Waals surface area contributed by atoms with Crippen LogP contribution in [-0.4, -0.2) is 39.7 Å². The van der Waals surface area contributed by atoms with Gasteiger partial charge >= 0.3 is 6.09 Å². The Bertz CT molecular complexity index is 800. The molecule has 0 spiro atoms. The highest BCUT2D eigenvalue weighted by molar-refractivity contribution is 7.99. The second-order valence-electron chi connectivity index (χ2n) is 7.04. The van der Waals surface area contributed by atoms with E-state index in [2.05, 4.69) is 28.2 Å². The van der Waals surface area contributed by atoms with Crippen molar-refractivity contribution in [3.8, 4) is 0 Å². The summed E-state index contributed by atoms with van der Waals surface area (Å²) in [5.74, 6) is 0. The molecular formula is C20H23N3O2S. The van der Waals surface area contributed by atoms with Crippen molar-refractivity contribution in [2.45, 2.75) is 42.8 Å². The van der Waals surface area contributed by atoms with E-state index in [0.29, 0.717) is 13.1 Å². The second-order valence-corrected chi connectivity index (χ2v) is 8.04. The van der Waals surface area contributed by atoms with Crippen LogP contribution in [0.15, 0.2) is 58.9 Å². The van der Waals surface area contributed by atoms with E-state index in [4.69, 9.17) is 4.74 Å². The first-order valence-corrected chi connectivity index (χ1v) is 9.45. The van der Waals surface area contributed by atoms with Crippen LogP contribution in [0.25, 0.3) is 5.57 Å². The summed E-state index contributed by atoms with van der Waals surface area (Å²) in [6.07, 6.45) is 6.14. The van der Waals surface area contributed by atoms with Crippen LogP contribution >= 0.6 is 11.8 Å². The average Bonchev–Trinajstić information content (AvgIpc) is 2.62. The van der Waals surface area contributed by atoms with Gasteiger partial charge in [-0.2, -0.15) is 0 Å². The Hall–Kier alpha value is -2.34. The molecule has 0 aliphatic carbocycles. The lowest BCUT2D eigenvalue weighted by Crippen LogP contribution is -2.39. The topological polar surface area (TPSA) is 55.3 Å². The second kappa shape index (κ2) is 7.91. The van der Waals surface area contributed by atoms with E-state index < -0.39 is 5.60 Å². The maximum Gasteiger partial charge on any atom is 0.410 e. The number of carbonyl (C=O) groups is 1. The van der Waals surface area contributed by atoms with Crippen LogP contribution in [0.4, 0.5) is 4.79 Å². The van der Waals surface area contributed by atoms with E-state index in [1.165, 1.54) is 11.1 Å². The Morgan fingerprint density at radius 2 is 1.88 bits per heavy atom. The maximum absolute atomic E-state index is 12.2. The first-order valence-electron chi connectivity index (χ1n) is 8.63. The summed E-state index contributed by atoms with van der Waals surface area (Å²) < 4.78 is 5.46. The Morgan fingerprint density at radius 3 is 2.54 bits per heavy atom. The van der Waals surface area contributed by atoms with E-state index in [9.17, 15) is 4.79 Å². The van der Waals surface area contributed by atoms with Crippen LogP contribution in [0, 0.1) is 0 Å². The Morgan fingerprint density at radius 1 is 1.15 bits per heavy atom. The molecule has 1 aromatic heterocycles. The van der Waals surface area contributed by atoms with Gasteiger partial charge in [0.2, 0.25) is 0 Å². The first-order chi connectivity index (χ1) is 12.4. The monoisotopic (exact) mass is 369 g/mol. The molecular weight excluding hydrogens is 346 g/mol. The van der Waals surface area contributed by atoms with Crippen molar-refractivity contribution >= 4 is 23.4 Å². The quantitative estimate of drug-likeness (QED) is 0.737. The van der Waals surface area contributed by atoms with Gasteiger partial charge in [0.15, 0.2) is 5.16 Å². The zero-order valence-corrected chi connectivity index (χ0v) is 16.1. The van der Waals surface area contributed by atoms with E-state index in [0.717, 1.165) is 16.5 Å². The number of hydrogen-bond acceptors (Lipinski definition) is 5. The molecule has 0 atom stereocenters. The molecule has 0 radical (unpaired) electrons. The zero-order chi connectivity index (χ0) is 18.6. The number of amides is 1. The summed E-state index contributed by atoms with van der Waals surface area (Å²) in [5, 5.41) is 0.728. The van der Waals surface area contributed by atoms with Gasteiger partial charge in [-0.3, -0.25) is 0 Å². The van der Waals surface area contributed by atoms with Crippen molar-refractivity contribution in [2.24, 2.45) is 0 Å². The van der Waals surface area contributed by atoms with Gasteiger partial charge in [0.1, 0.15) is 5.60 Å². The fourth-order valence-corrected chi connectivity index (χ4v) is 3.54. The van der Waals surface area contributed by atoms with E-state index in [-0.39, 0.29) is 6.09 Å². The molecule has 26 heavy (non-hydrogen) atoms. The Kier molecular flexibility index (Phi) is 5.61. The summed E-state index contributed by atoms with van der Waals surface area (Å²) in [7, 11) is 0. The molecule has 1 aliphatic rings. The van der Waals surface area contributed by atoms with E-state index in [1.54, 1.807) is 29.1 Å². The number of rotatable bonds is 3. The number of nitrogens with zero attached hydrogens (tertiary/aromatic N) is 3. The first kappa shape index (κ1) is 18.5. The smallest absolute Gasteiger partial charge is 0.410 e. The van der Waals surface area contributed by atoms with Gasteiger partial charge in [-0.15, -0.1) is 0 Å². The molecule has 0 unspecified atom stereocenters. The molecule has 0 N–H and O–H groups in total. The lowest BCUT2D eigenvalue weighted by atomic mass is 9.99. The number of ether oxygens (including phenoxy) is 1. The maximum atomic E-state index is 12.2. The van der Waals surface area contributed by atoms with Crippen LogP contribution in [0.2, 0.25) is 0 Å². The normalized spacial score (nSPS) is 14.7. The molecule has 0 fully saturated rings. The minimum absolute atomic E-state index is 0.256. The van der Waals surface area contributed by atoms with Crippen LogP contribution in [0.1, 0.15) is 32.8 Å². The molecule has 136 valence electrons. The van der Waals surface area contributed by atoms with Crippen LogP contribution < -0.4 is 0 Å². The third-order valence-electron chi connectivity index (χ3n) is 3.84. The highest BCUT2D eigenvalue weighted by Gasteiger charge is 2.24. The van der Waals surface area contributed by atoms with Crippen LogP contribution in [0.5, 0.6) is 0 Å². The van der Waals surface area contributed by atoms with Gasteiger partial charge in [0.25, 0.3) is 0 Å². The standard InChI is InChI=1S/C20H23N3O2S/c1-20(2,3)25-19(24)23-13-9-15(10-14-23)16-7-4-5-8-17(16)26-18-21-11-6-12-22-18/h4-9,11-12H,10,13-14H2,1-3H3. The van der Waals surface area contributed by atoms with Gasteiger partial charge in [0.05, 0.1) is 0 Å². The Balaban J connectivity index is 1.74. The van der Waals surface area contributed by atoms with E-state index in [1.807, 2.05) is 39.0 Å². The molecule has 1 aromatic carbocycles. The van der Waals surface area contributed by atoms with Crippen molar-refractivity contribution in [3.05, 3.63) is 54.4 Å². The molecule has 0 saturated heterocycles. The van der Waals surface area contributed by atoms with Gasteiger partial charge in [-0.1, -0.05) is 24.3 Å². The van der Waals surface area contributed by atoms with Gasteiger partial charge in [-0.25, -0.2) is 14.8 Å². The fraction of sp³-hybridized carbons (Fsp3) is 0.350. The van der Waals surface area contributed by atoms with Gasteiger partial charge in [-0.05, 0) is 62.2 Å². The predicted octanol–water partition coefficient (Wildman–Crippen LogP) is 4.65. The lowest BCUT2D eigenvalue weighted by Gasteiger charge is -2.30. The summed E-state index contributed by atoms with van der Waals surface area (Å²) >= 11 is 1.55. The van der Waals surface area contributed by atoms with Gasteiger partial charge < -0.3 is 9.64 Å². The van der Waals surface area contributed by atoms with Crippen LogP contribution in [0.3, 0.4) is 0 Å². The minimum atomic E-state index is -0.472. The molecule has 1 aliphatic heterocycles. The minimum Gasteiger partial charge on any atom is -0.444 e. The highest BCUT2D eigenvalue weighted by atomic mass is 32.2. The number of benzene rings is 1. The number of aromatic nitrogens is 2. The number of hydrogen-bond donors (Lipinski definition) is 0. The van der Waals surface area contributed by atoms with Crippen molar-refractivity contribution in [2.75, 3.05) is 13.1 Å². The Labute approximate surface area is 158 Å². The molecule has 2 aromatic rings. The summed E-state index contributed by atoms with van der Waals surface area (Å²) in [6, 6.07) is 10.1. The van der Waals surface area contributed by atoms with Crippen molar-refractivity contribution in [1.29, 1.82) is 0 Å². The summed E-state index contributed by atoms with van der Waals surface area (Å²) in [6.45, 7) is 6.87. The van der Waals surface area contributed by atoms with Crippen molar-refractivity contribution < 1.29 is 9.53 Å². The fourth-order valence-electron chi connectivity index (χ4n) is 2.66. The molecule has 2 heterocycles. The molecule has 5 nitrogen and oxygen atoms in total. The molecule has 0 bridgehead atoms. The molecule has 6 heteroatoms. The van der Waals surface area contributed by atoms with Crippen molar-refractivity contribution in [1.82, 2.24) is 14.9 Å². The lowest BCUT2D eigenvalue weighted by molar-refractivity contribution is 0.0270. The van der Waals surface area contributed by atoms with Crippen molar-refractivity contribution in [3.63, 3.8) is 0 Å². The molecule has 3 rings (SSSR count). The zero-order valence-electron chi connectivity index (χ0n) is 15.3. The van der Waals surface area contributed by atoms with E-state index >= 15 is 0 Å². The highest BCUT2D eigenvalue weighted by Crippen LogP contribution is 2.34. The molecule has 1 amide bonds. The molecule has 0 saturated carbocycles. The van der Waals surface area contributed by atoms with Crippen LogP contribution in [-0.2, 0) is 4.74 Å². The summed E-state index contributed by atoms with van der Waals surface area (Å²) in [4.78, 5) is 23.7. The largest absolute Gasteiger partial charge is 0.444 e. The van der Waals surface area contributed by atoms with Gasteiger partial charge in [0, 0.05) is 30.4 Å². The third-order valence-corrected chi connectivity index (χ3v) is 4.81.